The van der Waals surface area contributed by atoms with Gasteiger partial charge >= 0.3 is 0 Å². The average molecular weight is 281 g/mol. The van der Waals surface area contributed by atoms with Gasteiger partial charge in [-0.2, -0.15) is 5.26 Å². The Labute approximate surface area is 120 Å². The van der Waals surface area contributed by atoms with Crippen molar-refractivity contribution in [3.63, 3.8) is 0 Å². The van der Waals surface area contributed by atoms with E-state index in [1.54, 1.807) is 24.3 Å². The number of carbonyl (C=O) groups excluding carboxylic acids is 2. The van der Waals surface area contributed by atoms with Gasteiger partial charge in [0.15, 0.2) is 0 Å². The van der Waals surface area contributed by atoms with E-state index in [1.807, 2.05) is 6.07 Å². The molecule has 1 aromatic carbocycles. The molecule has 6 nitrogen and oxygen atoms in total. The summed E-state index contributed by atoms with van der Waals surface area (Å²) >= 11 is 0. The average Bonchev–Trinajstić information content (AvgIpc) is 2.93. The normalized spacial score (nSPS) is 13.0. The van der Waals surface area contributed by atoms with Crippen LogP contribution in [0.4, 0.5) is 5.69 Å². The van der Waals surface area contributed by atoms with Crippen LogP contribution in [-0.4, -0.2) is 18.4 Å². The van der Waals surface area contributed by atoms with Gasteiger partial charge in [-0.15, -0.1) is 0 Å². The third-order valence-electron chi connectivity index (χ3n) is 3.25. The number of hydrogen-bond donors (Lipinski definition) is 2. The molecule has 0 fully saturated rings. The first-order valence-corrected chi connectivity index (χ1v) is 6.39. The van der Waals surface area contributed by atoms with Gasteiger partial charge in [0.1, 0.15) is 12.0 Å². The number of furan rings is 1. The van der Waals surface area contributed by atoms with Gasteiger partial charge in [0.05, 0.1) is 22.8 Å². The maximum atomic E-state index is 12.2. The van der Waals surface area contributed by atoms with E-state index >= 15 is 0 Å². The molecule has 0 aliphatic carbocycles. The number of fused-ring (bicyclic) bond motifs is 1. The fraction of sp³-hybridized carbons (Fsp3) is 0.133. The van der Waals surface area contributed by atoms with Crippen LogP contribution in [0.15, 0.2) is 34.9 Å². The second-order valence-electron chi connectivity index (χ2n) is 4.60. The Kier molecular flexibility index (Phi) is 3.16. The molecule has 1 aromatic heterocycles. The van der Waals surface area contributed by atoms with E-state index in [0.717, 1.165) is 0 Å². The summed E-state index contributed by atoms with van der Waals surface area (Å²) in [6.07, 6.45) is 1.87. The number of hydrogen-bond acceptors (Lipinski definition) is 4. The van der Waals surface area contributed by atoms with E-state index in [0.29, 0.717) is 35.5 Å². The lowest BCUT2D eigenvalue weighted by atomic mass is 10.0. The zero-order valence-corrected chi connectivity index (χ0v) is 11.0. The molecular weight excluding hydrogens is 270 g/mol. The molecule has 0 bridgehead atoms. The predicted octanol–water partition coefficient (Wildman–Crippen LogP) is 1.69. The fourth-order valence-electron chi connectivity index (χ4n) is 2.20. The summed E-state index contributed by atoms with van der Waals surface area (Å²) in [6, 6.07) is 8.47. The van der Waals surface area contributed by atoms with Crippen molar-refractivity contribution in [1.82, 2.24) is 5.32 Å². The van der Waals surface area contributed by atoms with E-state index in [9.17, 15) is 9.59 Å². The van der Waals surface area contributed by atoms with Gasteiger partial charge in [-0.05, 0) is 24.3 Å². The number of anilines is 1. The number of benzene rings is 1. The first-order valence-electron chi connectivity index (χ1n) is 6.39. The summed E-state index contributed by atoms with van der Waals surface area (Å²) in [7, 11) is 0. The smallest absolute Gasteiger partial charge is 0.259 e. The third kappa shape index (κ3) is 2.37. The zero-order valence-electron chi connectivity index (χ0n) is 11.0. The number of amides is 2. The Morgan fingerprint density at radius 2 is 2.10 bits per heavy atom. The predicted molar refractivity (Wildman–Crippen MR) is 73.9 cm³/mol. The molecule has 2 N–H and O–H groups in total. The minimum absolute atomic E-state index is 0.214. The first kappa shape index (κ1) is 12.9. The van der Waals surface area contributed by atoms with E-state index in [1.165, 1.54) is 6.26 Å². The Bertz CT molecular complexity index is 753. The van der Waals surface area contributed by atoms with Crippen molar-refractivity contribution in [1.29, 1.82) is 5.26 Å². The number of nitriles is 1. The molecule has 104 valence electrons. The minimum Gasteiger partial charge on any atom is -0.468 e. The van der Waals surface area contributed by atoms with Crippen molar-refractivity contribution >= 4 is 17.5 Å². The topological polar surface area (TPSA) is 95.1 Å². The molecule has 6 heteroatoms. The standard InChI is InChI=1S/C15H11N3O3/c16-7-9-1-3-10(4-2-9)18-14(19)11-8-21-12-5-6-17-15(20)13(11)12/h1-4,8H,5-6H2,(H,17,20)(H,18,19). The van der Waals surface area contributed by atoms with Gasteiger partial charge in [0, 0.05) is 18.7 Å². The molecule has 3 rings (SSSR count). The molecule has 1 aliphatic heterocycles. The number of nitrogens with zero attached hydrogens (tertiary/aromatic N) is 1. The van der Waals surface area contributed by atoms with Crippen LogP contribution in [0, 0.1) is 11.3 Å². The van der Waals surface area contributed by atoms with Gasteiger partial charge in [0.25, 0.3) is 11.8 Å². The summed E-state index contributed by atoms with van der Waals surface area (Å²) in [4.78, 5) is 24.1. The summed E-state index contributed by atoms with van der Waals surface area (Å²) in [5.41, 5.74) is 1.57. The zero-order chi connectivity index (χ0) is 14.8. The Balaban J connectivity index is 1.84. The second kappa shape index (κ2) is 5.13. The monoisotopic (exact) mass is 281 g/mol. The lowest BCUT2D eigenvalue weighted by molar-refractivity contribution is 0.0932. The highest BCUT2D eigenvalue weighted by atomic mass is 16.3. The Hall–Kier alpha value is -3.07. The molecule has 0 spiro atoms. The lowest BCUT2D eigenvalue weighted by Crippen LogP contribution is -2.32. The van der Waals surface area contributed by atoms with Crippen molar-refractivity contribution in [2.75, 3.05) is 11.9 Å². The molecule has 2 amide bonds. The molecule has 0 saturated carbocycles. The lowest BCUT2D eigenvalue weighted by Gasteiger charge is -2.12. The quantitative estimate of drug-likeness (QED) is 0.875. The highest BCUT2D eigenvalue weighted by Gasteiger charge is 2.27. The number of nitrogens with one attached hydrogen (secondary N) is 2. The van der Waals surface area contributed by atoms with Crippen LogP contribution >= 0.6 is 0 Å². The van der Waals surface area contributed by atoms with Gasteiger partial charge in [0.2, 0.25) is 0 Å². The molecule has 0 atom stereocenters. The van der Waals surface area contributed by atoms with Gasteiger partial charge in [-0.3, -0.25) is 9.59 Å². The summed E-state index contributed by atoms with van der Waals surface area (Å²) in [5, 5.41) is 14.1. The summed E-state index contributed by atoms with van der Waals surface area (Å²) in [6.45, 7) is 0.510. The summed E-state index contributed by atoms with van der Waals surface area (Å²) in [5.74, 6) is -0.180. The largest absolute Gasteiger partial charge is 0.468 e. The molecule has 0 saturated heterocycles. The molecule has 0 radical (unpaired) electrons. The first-order chi connectivity index (χ1) is 10.2. The molecule has 1 aliphatic rings. The van der Waals surface area contributed by atoms with Gasteiger partial charge in [-0.25, -0.2) is 0 Å². The second-order valence-corrected chi connectivity index (χ2v) is 4.60. The van der Waals surface area contributed by atoms with Gasteiger partial charge < -0.3 is 15.1 Å². The van der Waals surface area contributed by atoms with Crippen LogP contribution in [0.1, 0.15) is 32.0 Å². The van der Waals surface area contributed by atoms with Crippen LogP contribution in [0.25, 0.3) is 0 Å². The van der Waals surface area contributed by atoms with Crippen molar-refractivity contribution in [2.45, 2.75) is 6.42 Å². The van der Waals surface area contributed by atoms with Gasteiger partial charge in [-0.1, -0.05) is 0 Å². The van der Waals surface area contributed by atoms with Crippen molar-refractivity contribution in [3.8, 4) is 6.07 Å². The maximum Gasteiger partial charge on any atom is 0.259 e. The van der Waals surface area contributed by atoms with Crippen LogP contribution in [0.2, 0.25) is 0 Å². The van der Waals surface area contributed by atoms with Crippen molar-refractivity contribution in [2.24, 2.45) is 0 Å². The fourth-order valence-corrected chi connectivity index (χ4v) is 2.20. The Morgan fingerprint density at radius 3 is 2.81 bits per heavy atom. The van der Waals surface area contributed by atoms with E-state index in [-0.39, 0.29) is 11.5 Å². The van der Waals surface area contributed by atoms with Crippen molar-refractivity contribution in [3.05, 3.63) is 53.0 Å². The van der Waals surface area contributed by atoms with Crippen LogP contribution < -0.4 is 10.6 Å². The van der Waals surface area contributed by atoms with Crippen LogP contribution in [-0.2, 0) is 6.42 Å². The van der Waals surface area contributed by atoms with E-state index in [2.05, 4.69) is 10.6 Å². The maximum absolute atomic E-state index is 12.2. The molecule has 2 heterocycles. The van der Waals surface area contributed by atoms with Crippen LogP contribution in [0.5, 0.6) is 0 Å². The number of rotatable bonds is 2. The highest BCUT2D eigenvalue weighted by molar-refractivity contribution is 6.12. The Morgan fingerprint density at radius 1 is 1.33 bits per heavy atom. The van der Waals surface area contributed by atoms with Crippen LogP contribution in [0.3, 0.4) is 0 Å². The van der Waals surface area contributed by atoms with Crippen molar-refractivity contribution < 1.29 is 14.0 Å². The minimum atomic E-state index is -0.415. The van der Waals surface area contributed by atoms with E-state index in [4.69, 9.17) is 9.68 Å². The SMILES string of the molecule is N#Cc1ccc(NC(=O)c2coc3c2C(=O)NCC3)cc1. The molecule has 0 unspecified atom stereocenters. The number of carbonyl (C=O) groups is 2. The molecule has 2 aromatic rings. The molecular formula is C15H11N3O3. The third-order valence-corrected chi connectivity index (χ3v) is 3.25. The molecule has 21 heavy (non-hydrogen) atoms. The summed E-state index contributed by atoms with van der Waals surface area (Å²) < 4.78 is 5.29. The highest BCUT2D eigenvalue weighted by Crippen LogP contribution is 2.22. The van der Waals surface area contributed by atoms with E-state index < -0.39 is 5.91 Å².